The van der Waals surface area contributed by atoms with Gasteiger partial charge in [0.2, 0.25) is 5.91 Å². The SMILES string of the molecule is CC(C)(C)OC(=O)CC[C@H](NC(=O)N[C@@H](CCCCn1cc(COCCOCCOCCCc2ccc(C(=O)CCCNC(=O)[C@H](CCCCNC(=O)OC(C)(C)C)CC(=O)CCN=[N+]=[N-])cc2[N+](=O)[O-])nn1)C(=O)OC(C)(C)C)C(=O)OC(C)(C)C. The molecule has 0 aliphatic rings. The van der Waals surface area contributed by atoms with Gasteiger partial charge in [0.05, 0.1) is 44.2 Å². The van der Waals surface area contributed by atoms with Crippen molar-refractivity contribution in [1.29, 1.82) is 0 Å². The van der Waals surface area contributed by atoms with Crippen molar-refractivity contribution in [2.24, 2.45) is 11.0 Å². The number of benzene rings is 1. The van der Waals surface area contributed by atoms with E-state index in [4.69, 9.17) is 38.7 Å². The Labute approximate surface area is 510 Å². The number of Topliss-reactive ketones (excluding diaryl/α,β-unsaturated/α-hetero) is 2. The maximum atomic E-state index is 13.3. The number of ether oxygens (including phenoxy) is 7. The lowest BCUT2D eigenvalue weighted by molar-refractivity contribution is -0.385. The second kappa shape index (κ2) is 38.8. The third-order valence-electron chi connectivity index (χ3n) is 12.0. The zero-order chi connectivity index (χ0) is 65.2. The van der Waals surface area contributed by atoms with Crippen molar-refractivity contribution in [1.82, 2.24) is 36.3 Å². The first-order valence-electron chi connectivity index (χ1n) is 29.7. The molecule has 1 heterocycles. The fraction of sp³-hybridized carbons (Fsp3) is 0.729. The summed E-state index contributed by atoms with van der Waals surface area (Å²) >= 11 is 0. The van der Waals surface area contributed by atoms with Crippen LogP contribution in [0, 0.1) is 16.0 Å². The highest BCUT2D eigenvalue weighted by molar-refractivity contribution is 5.97. The number of hydrogen-bond acceptors (Lipinski definition) is 20. The largest absolute Gasteiger partial charge is 0.460 e. The monoisotopic (exact) mass is 1230 g/mol. The molecule has 0 bridgehead atoms. The molecule has 28 nitrogen and oxygen atoms in total. The summed E-state index contributed by atoms with van der Waals surface area (Å²) < 4.78 is 40.3. The van der Waals surface area contributed by atoms with Crippen LogP contribution in [0.3, 0.4) is 0 Å². The number of aromatic nitrogens is 3. The van der Waals surface area contributed by atoms with E-state index >= 15 is 0 Å². The summed E-state index contributed by atoms with van der Waals surface area (Å²) in [6.45, 7) is 23.1. The van der Waals surface area contributed by atoms with Gasteiger partial charge in [-0.25, -0.2) is 19.2 Å². The maximum Gasteiger partial charge on any atom is 0.407 e. The molecule has 0 aliphatic carbocycles. The number of ketones is 2. The van der Waals surface area contributed by atoms with Crippen LogP contribution in [0.5, 0.6) is 0 Å². The summed E-state index contributed by atoms with van der Waals surface area (Å²) in [4.78, 5) is 117. The van der Waals surface area contributed by atoms with Crippen LogP contribution < -0.4 is 21.3 Å². The fourth-order valence-corrected chi connectivity index (χ4v) is 8.18. The number of hydrogen-bond donors (Lipinski definition) is 4. The first-order chi connectivity index (χ1) is 40.7. The minimum atomic E-state index is -1.21. The maximum absolute atomic E-state index is 13.3. The Kier molecular flexibility index (Phi) is 33.8. The average Bonchev–Trinajstić information content (AvgIpc) is 4.00. The van der Waals surface area contributed by atoms with Crippen molar-refractivity contribution >= 4 is 53.2 Å². The molecule has 87 heavy (non-hydrogen) atoms. The van der Waals surface area contributed by atoms with Gasteiger partial charge in [-0.15, -0.1) is 5.10 Å². The zero-order valence-electron chi connectivity index (χ0n) is 53.1. The van der Waals surface area contributed by atoms with Gasteiger partial charge in [0.15, 0.2) is 5.78 Å². The molecule has 0 spiro atoms. The topological polar surface area (TPSA) is 372 Å². The Morgan fingerprint density at radius 2 is 1.26 bits per heavy atom. The molecule has 0 saturated carbocycles. The van der Waals surface area contributed by atoms with Crippen LogP contribution in [-0.4, -0.2) is 155 Å². The second-order valence-corrected chi connectivity index (χ2v) is 24.8. The molecule has 0 aliphatic heterocycles. The number of nitro benzene ring substituents is 1. The summed E-state index contributed by atoms with van der Waals surface area (Å²) in [7, 11) is 0. The molecule has 28 heteroatoms. The van der Waals surface area contributed by atoms with Gasteiger partial charge < -0.3 is 54.4 Å². The minimum absolute atomic E-state index is 0.00846. The first kappa shape index (κ1) is 75.8. The number of nitrogens with one attached hydrogen (secondary N) is 4. The number of alkyl carbamates (subject to hydrolysis) is 1. The quantitative estimate of drug-likeness (QED) is 0.00558. The summed E-state index contributed by atoms with van der Waals surface area (Å²) in [5.41, 5.74) is 6.48. The molecule has 2 aromatic rings. The molecule has 3 atom stereocenters. The summed E-state index contributed by atoms with van der Waals surface area (Å²) in [5, 5.41) is 34.4. The van der Waals surface area contributed by atoms with Crippen LogP contribution in [0.25, 0.3) is 10.4 Å². The Morgan fingerprint density at radius 1 is 0.678 bits per heavy atom. The Bertz CT molecular complexity index is 2580. The lowest BCUT2D eigenvalue weighted by Gasteiger charge is -2.27. The van der Waals surface area contributed by atoms with E-state index in [1.807, 2.05) is 0 Å². The van der Waals surface area contributed by atoms with Gasteiger partial charge in [-0.05, 0) is 146 Å². The van der Waals surface area contributed by atoms with Gasteiger partial charge >= 0.3 is 30.0 Å². The number of nitro groups is 1. The van der Waals surface area contributed by atoms with E-state index in [1.165, 1.54) is 6.07 Å². The number of unbranched alkanes of at least 4 members (excludes halogenated alkanes) is 2. The zero-order valence-corrected chi connectivity index (χ0v) is 53.1. The van der Waals surface area contributed by atoms with E-state index in [1.54, 1.807) is 106 Å². The molecule has 1 aromatic carbocycles. The molecule has 1 aromatic heterocycles. The van der Waals surface area contributed by atoms with Crippen LogP contribution in [0.15, 0.2) is 29.5 Å². The lowest BCUT2D eigenvalue weighted by Crippen LogP contribution is -2.53. The molecular weight excluding hydrogens is 1130 g/mol. The summed E-state index contributed by atoms with van der Waals surface area (Å²) in [5.74, 6) is -3.57. The highest BCUT2D eigenvalue weighted by Gasteiger charge is 2.32. The van der Waals surface area contributed by atoms with Crippen LogP contribution in [0.1, 0.15) is 188 Å². The molecule has 488 valence electrons. The van der Waals surface area contributed by atoms with E-state index in [-0.39, 0.29) is 120 Å². The van der Waals surface area contributed by atoms with Gasteiger partial charge in [-0.2, -0.15) is 0 Å². The van der Waals surface area contributed by atoms with E-state index in [2.05, 4.69) is 41.6 Å². The fourth-order valence-electron chi connectivity index (χ4n) is 8.18. The number of azide groups is 1. The van der Waals surface area contributed by atoms with E-state index < -0.39 is 75.4 Å². The number of carbonyl (C=O) groups excluding carboxylic acids is 8. The van der Waals surface area contributed by atoms with Crippen LogP contribution >= 0.6 is 0 Å². The van der Waals surface area contributed by atoms with E-state index in [0.29, 0.717) is 75.9 Å². The van der Waals surface area contributed by atoms with Gasteiger partial charge in [0, 0.05) is 86.5 Å². The van der Waals surface area contributed by atoms with Gasteiger partial charge in [0.1, 0.15) is 46.0 Å². The van der Waals surface area contributed by atoms with Crippen molar-refractivity contribution in [3.63, 3.8) is 0 Å². The van der Waals surface area contributed by atoms with Crippen molar-refractivity contribution in [2.45, 2.75) is 221 Å². The Hall–Kier alpha value is -7.29. The number of esters is 3. The standard InChI is InChI=1S/C59H95N11O17/c1-56(2,3)84-50(73)26-25-47(53(76)86-58(7,8)9)65-54(77)64-46(52(75)85-57(4,5)6)21-14-16-31-69-39-44(66-68-69)40-83-36-35-82-34-33-81-32-18-20-41-23-24-42(38-48(41)70(79)80)49(72)22-17-29-61-51(74)43(37-45(71)27-30-63-67-60)19-13-15-28-62-55(78)87-59(10,11)12/h23-24,38-39,43,46-47H,13-22,25-37,40H2,1-12H3,(H,61,74)(H,62,78)(H2,64,65,77)/t43-,46+,47+/m1/s1. The molecule has 0 radical (unpaired) electrons. The van der Waals surface area contributed by atoms with Gasteiger partial charge in [0.25, 0.3) is 5.69 Å². The number of carbonyl (C=O) groups is 8. The second-order valence-electron chi connectivity index (χ2n) is 24.8. The van der Waals surface area contributed by atoms with Crippen LogP contribution in [-0.2, 0) is 76.7 Å². The third-order valence-corrected chi connectivity index (χ3v) is 12.0. The summed E-state index contributed by atoms with van der Waals surface area (Å²) in [6, 6.07) is 1.28. The van der Waals surface area contributed by atoms with Crippen LogP contribution in [0.4, 0.5) is 15.3 Å². The molecule has 2 rings (SSSR count). The first-order valence-corrected chi connectivity index (χ1v) is 29.7. The lowest BCUT2D eigenvalue weighted by atomic mass is 9.94. The molecule has 4 amide bonds. The summed E-state index contributed by atoms with van der Waals surface area (Å²) in [6.07, 6.45) is 4.58. The number of nitrogens with zero attached hydrogens (tertiary/aromatic N) is 7. The van der Waals surface area contributed by atoms with Crippen molar-refractivity contribution in [3.8, 4) is 0 Å². The predicted octanol–water partition coefficient (Wildman–Crippen LogP) is 8.43. The number of urea groups is 1. The van der Waals surface area contributed by atoms with Crippen molar-refractivity contribution in [3.05, 3.63) is 61.8 Å². The predicted molar refractivity (Wildman–Crippen MR) is 319 cm³/mol. The molecule has 0 saturated heterocycles. The van der Waals surface area contributed by atoms with E-state index in [9.17, 15) is 48.5 Å². The number of aryl methyl sites for hydroxylation is 2. The van der Waals surface area contributed by atoms with Crippen molar-refractivity contribution < 1.29 is 76.4 Å². The molecule has 0 fully saturated rings. The van der Waals surface area contributed by atoms with Gasteiger partial charge in [-0.1, -0.05) is 28.9 Å². The van der Waals surface area contributed by atoms with Crippen molar-refractivity contribution in [2.75, 3.05) is 52.7 Å². The Morgan fingerprint density at radius 3 is 1.87 bits per heavy atom. The molecule has 0 unspecified atom stereocenters. The van der Waals surface area contributed by atoms with E-state index in [0.717, 1.165) is 0 Å². The number of amides is 4. The third kappa shape index (κ3) is 36.5. The molecule has 4 N–H and O–H groups in total. The highest BCUT2D eigenvalue weighted by atomic mass is 16.6. The Balaban J connectivity index is 1.74. The smallest absolute Gasteiger partial charge is 0.407 e. The minimum Gasteiger partial charge on any atom is -0.460 e. The number of rotatable bonds is 41. The normalized spacial score (nSPS) is 12.8. The van der Waals surface area contributed by atoms with Crippen LogP contribution in [0.2, 0.25) is 0 Å². The molecular formula is C59H95N11O17. The van der Waals surface area contributed by atoms with Gasteiger partial charge in [-0.3, -0.25) is 34.0 Å². The highest BCUT2D eigenvalue weighted by Crippen LogP contribution is 2.24. The average molecular weight is 1230 g/mol.